The number of thiol groups is 1. The maximum Gasteiger partial charge on any atom is 0.258 e. The number of carbonyl (C=O) groups is 3. The lowest BCUT2D eigenvalue weighted by atomic mass is 9.98. The number of nitrogens with zero attached hydrogens (tertiary/aromatic N) is 2. The molecule has 4 aliphatic heterocycles. The molecular formula is C48H47N3O6S. The fraction of sp³-hybridized carbons (Fsp3) is 0.312. The minimum atomic E-state index is -0.902. The van der Waals surface area contributed by atoms with Gasteiger partial charge in [0.25, 0.3) is 11.8 Å². The Morgan fingerprint density at radius 1 is 0.707 bits per heavy atom. The second-order valence-corrected chi connectivity index (χ2v) is 17.6. The maximum atomic E-state index is 14.0. The van der Waals surface area contributed by atoms with Gasteiger partial charge in [-0.15, -0.1) is 0 Å². The highest BCUT2D eigenvalue weighted by Crippen LogP contribution is 2.42. The molecule has 9 rings (SSSR count). The second-order valence-electron chi connectivity index (χ2n) is 16.5. The number of aryl methyl sites for hydroxylation is 3. The first-order valence-corrected chi connectivity index (χ1v) is 20.5. The molecule has 0 fully saturated rings. The number of anilines is 3. The summed E-state index contributed by atoms with van der Waals surface area (Å²) in [4.78, 5) is 45.0. The number of fused-ring (bicyclic) bond motifs is 8. The van der Waals surface area contributed by atoms with Crippen molar-refractivity contribution < 1.29 is 28.6 Å². The van der Waals surface area contributed by atoms with E-state index in [2.05, 4.69) is 30.1 Å². The lowest BCUT2D eigenvalue weighted by molar-refractivity contribution is -0.117. The van der Waals surface area contributed by atoms with E-state index in [1.54, 1.807) is 27.0 Å². The summed E-state index contributed by atoms with van der Waals surface area (Å²) < 4.78 is 17.8. The van der Waals surface area contributed by atoms with Crippen LogP contribution >= 0.6 is 12.6 Å². The van der Waals surface area contributed by atoms with Crippen molar-refractivity contribution in [2.45, 2.75) is 89.3 Å². The summed E-state index contributed by atoms with van der Waals surface area (Å²) in [6, 6.07) is 30.1. The van der Waals surface area contributed by atoms with Gasteiger partial charge in [-0.3, -0.25) is 14.4 Å². The van der Waals surface area contributed by atoms with Gasteiger partial charge in [0.15, 0.2) is 11.5 Å². The number of ether oxygens (including phenoxy) is 3. The third kappa shape index (κ3) is 6.97. The molecule has 4 aliphatic rings. The van der Waals surface area contributed by atoms with Gasteiger partial charge in [-0.2, -0.15) is 12.6 Å². The molecule has 296 valence electrons. The van der Waals surface area contributed by atoms with Crippen molar-refractivity contribution in [2.24, 2.45) is 0 Å². The Labute approximate surface area is 344 Å². The highest BCUT2D eigenvalue weighted by atomic mass is 32.1. The highest BCUT2D eigenvalue weighted by Gasteiger charge is 2.39. The smallest absolute Gasteiger partial charge is 0.258 e. The van der Waals surface area contributed by atoms with Gasteiger partial charge >= 0.3 is 0 Å². The number of para-hydroxylation sites is 2. The number of carbonyl (C=O) groups excluding carboxylic acids is 3. The highest BCUT2D eigenvalue weighted by molar-refractivity contribution is 7.82. The quantitative estimate of drug-likeness (QED) is 0.145. The molecule has 0 aliphatic carbocycles. The Hall–Kier alpha value is -5.74. The van der Waals surface area contributed by atoms with Crippen molar-refractivity contribution >= 4 is 47.4 Å². The molecule has 5 aromatic rings. The molecule has 5 aromatic carbocycles. The summed E-state index contributed by atoms with van der Waals surface area (Å²) in [6.07, 6.45) is 4.96. The molecule has 10 heteroatoms. The van der Waals surface area contributed by atoms with Gasteiger partial charge < -0.3 is 29.3 Å². The molecule has 0 bridgehead atoms. The van der Waals surface area contributed by atoms with Crippen LogP contribution in [-0.2, 0) is 43.7 Å². The lowest BCUT2D eigenvalue weighted by Gasteiger charge is -2.23. The van der Waals surface area contributed by atoms with Crippen LogP contribution < -0.4 is 29.3 Å². The summed E-state index contributed by atoms with van der Waals surface area (Å²) >= 11 is 4.49. The monoisotopic (exact) mass is 793 g/mol. The standard InChI is InChI=1S/C48H47N3O6S/c1-28-17-38-31(13-15-36-21-33-9-5-7-11-40(33)50(36)45(38)52)23-42(28)56-26-29-18-30(20-35(19-29)49-47(54)48(2,3)58)27-57-44-24-32-14-16-37-22-34-10-6-8-12-41(34)51(37)46(53)39(32)25-43(44)55-4/h5-12,17-20,23-25,36-37,58H,13-16,21-22,26-27H2,1-4H3,(H,49,54)/t36-,37-/m1/s1. The van der Waals surface area contributed by atoms with E-state index in [9.17, 15) is 14.4 Å². The number of rotatable bonds is 9. The van der Waals surface area contributed by atoms with Gasteiger partial charge in [-0.1, -0.05) is 36.4 Å². The van der Waals surface area contributed by atoms with Crippen LogP contribution in [0.3, 0.4) is 0 Å². The fourth-order valence-electron chi connectivity index (χ4n) is 9.02. The first kappa shape index (κ1) is 37.8. The second kappa shape index (κ2) is 14.9. The van der Waals surface area contributed by atoms with Gasteiger partial charge in [0.2, 0.25) is 5.91 Å². The van der Waals surface area contributed by atoms with Crippen LogP contribution in [0.25, 0.3) is 0 Å². The van der Waals surface area contributed by atoms with Crippen molar-refractivity contribution in [3.05, 3.63) is 141 Å². The molecule has 2 atom stereocenters. The lowest BCUT2D eigenvalue weighted by Crippen LogP contribution is -2.36. The third-order valence-electron chi connectivity index (χ3n) is 12.0. The molecule has 58 heavy (non-hydrogen) atoms. The summed E-state index contributed by atoms with van der Waals surface area (Å²) in [5.74, 6) is 1.52. The van der Waals surface area contributed by atoms with Crippen LogP contribution in [0.15, 0.2) is 91.0 Å². The number of benzene rings is 5. The Morgan fingerprint density at radius 3 is 1.78 bits per heavy atom. The predicted molar refractivity (Wildman–Crippen MR) is 229 cm³/mol. The van der Waals surface area contributed by atoms with Crippen LogP contribution in [0.4, 0.5) is 17.1 Å². The molecular weight excluding hydrogens is 747 g/mol. The molecule has 0 unspecified atom stereocenters. The number of methoxy groups -OCH3 is 1. The van der Waals surface area contributed by atoms with Gasteiger partial charge in [0, 0.05) is 40.3 Å². The van der Waals surface area contributed by atoms with E-state index >= 15 is 0 Å². The third-order valence-corrected chi connectivity index (χ3v) is 12.2. The van der Waals surface area contributed by atoms with E-state index < -0.39 is 4.75 Å². The molecule has 0 aromatic heterocycles. The number of nitrogens with one attached hydrogen (secondary N) is 1. The van der Waals surface area contributed by atoms with Crippen molar-refractivity contribution in [1.82, 2.24) is 0 Å². The van der Waals surface area contributed by atoms with Gasteiger partial charge in [-0.05, 0) is 153 Å². The summed E-state index contributed by atoms with van der Waals surface area (Å²) in [5.41, 5.74) is 10.8. The van der Waals surface area contributed by atoms with Crippen LogP contribution in [0.5, 0.6) is 17.2 Å². The van der Waals surface area contributed by atoms with E-state index in [1.165, 1.54) is 11.1 Å². The normalized spacial score (nSPS) is 17.9. The average Bonchev–Trinajstić information content (AvgIpc) is 3.70. The van der Waals surface area contributed by atoms with Gasteiger partial charge in [0.1, 0.15) is 19.0 Å². The Morgan fingerprint density at radius 2 is 1.22 bits per heavy atom. The van der Waals surface area contributed by atoms with E-state index in [0.29, 0.717) is 28.5 Å². The topological polar surface area (TPSA) is 97.4 Å². The average molecular weight is 794 g/mol. The zero-order valence-corrected chi connectivity index (χ0v) is 34.2. The first-order chi connectivity index (χ1) is 27.9. The van der Waals surface area contributed by atoms with Crippen LogP contribution in [0, 0.1) is 6.92 Å². The van der Waals surface area contributed by atoms with E-state index in [1.807, 2.05) is 89.5 Å². The van der Waals surface area contributed by atoms with E-state index in [0.717, 1.165) is 83.3 Å². The Kier molecular flexibility index (Phi) is 9.71. The predicted octanol–water partition coefficient (Wildman–Crippen LogP) is 8.84. The molecule has 4 heterocycles. The largest absolute Gasteiger partial charge is 0.493 e. The fourth-order valence-corrected chi connectivity index (χ4v) is 9.07. The summed E-state index contributed by atoms with van der Waals surface area (Å²) in [5, 5.41) is 3.02. The van der Waals surface area contributed by atoms with Crippen molar-refractivity contribution in [2.75, 3.05) is 22.2 Å². The molecule has 0 radical (unpaired) electrons. The van der Waals surface area contributed by atoms with Crippen molar-refractivity contribution in [3.63, 3.8) is 0 Å². The molecule has 3 amide bonds. The zero-order chi connectivity index (χ0) is 40.3. The number of hydrogen-bond donors (Lipinski definition) is 2. The van der Waals surface area contributed by atoms with Crippen LogP contribution in [-0.4, -0.2) is 41.7 Å². The van der Waals surface area contributed by atoms with Crippen LogP contribution in [0.1, 0.15) is 86.3 Å². The van der Waals surface area contributed by atoms with Gasteiger partial charge in [-0.25, -0.2) is 0 Å². The number of hydrogen-bond acceptors (Lipinski definition) is 7. The van der Waals surface area contributed by atoms with Crippen molar-refractivity contribution in [1.29, 1.82) is 0 Å². The van der Waals surface area contributed by atoms with E-state index in [-0.39, 0.29) is 43.0 Å². The minimum absolute atomic E-state index is 0.0186. The molecule has 0 saturated heterocycles. The number of amides is 3. The Balaban J connectivity index is 0.958. The molecule has 0 spiro atoms. The molecule has 1 N–H and O–H groups in total. The van der Waals surface area contributed by atoms with Gasteiger partial charge in [0.05, 0.1) is 11.9 Å². The zero-order valence-electron chi connectivity index (χ0n) is 33.3. The van der Waals surface area contributed by atoms with Crippen LogP contribution in [0.2, 0.25) is 0 Å². The Bertz CT molecular complexity index is 2490. The SMILES string of the molecule is COc1cc2c(cc1OCc1cc(COc3cc4c(cc3C)C(=O)N3c5ccccc5C[C@H]3CC4)cc(NC(=O)C(C)(C)S)c1)CC[C@@H]1Cc3ccccc3N1C2=O. The minimum Gasteiger partial charge on any atom is -0.493 e. The maximum absolute atomic E-state index is 14.0. The van der Waals surface area contributed by atoms with E-state index in [4.69, 9.17) is 14.2 Å². The first-order valence-electron chi connectivity index (χ1n) is 20.0. The summed E-state index contributed by atoms with van der Waals surface area (Å²) in [7, 11) is 1.58. The van der Waals surface area contributed by atoms with Crippen molar-refractivity contribution in [3.8, 4) is 17.2 Å². The summed E-state index contributed by atoms with van der Waals surface area (Å²) in [6.45, 7) is 5.86. The molecule has 9 nitrogen and oxygen atoms in total. The molecule has 0 saturated carbocycles.